The Kier molecular flexibility index (Phi) is 23.2. The van der Waals surface area contributed by atoms with Crippen molar-refractivity contribution < 1.29 is 39.6 Å². The van der Waals surface area contributed by atoms with E-state index in [0.29, 0.717) is 17.6 Å². The van der Waals surface area contributed by atoms with E-state index in [9.17, 15) is 19.2 Å². The molecule has 10 aliphatic carbocycles. The molecule has 12 nitrogen and oxygen atoms in total. The number of carbonyl (C=O) groups is 4. The second kappa shape index (κ2) is 26.6. The summed E-state index contributed by atoms with van der Waals surface area (Å²) in [6.45, 7) is 0.261. The van der Waals surface area contributed by atoms with E-state index in [0.717, 1.165) is 48.3 Å². The van der Waals surface area contributed by atoms with E-state index >= 15 is 0 Å². The highest BCUT2D eigenvalue weighted by Crippen LogP contribution is 2.56. The fourth-order valence-corrected chi connectivity index (χ4v) is 12.1. The maximum Gasteiger partial charge on any atom is 0.318 e. The molecule has 14 heteroatoms. The summed E-state index contributed by atoms with van der Waals surface area (Å²) < 4.78 is 0. The Bertz CT molecular complexity index is 1140. The molecule has 0 unspecified atom stereocenters. The van der Waals surface area contributed by atoms with Gasteiger partial charge in [0.1, 0.15) is 11.8 Å². The molecule has 0 aromatic rings. The lowest BCUT2D eigenvalue weighted by Crippen LogP contribution is -2.59. The highest BCUT2D eigenvalue weighted by molar-refractivity contribution is 6.26. The van der Waals surface area contributed by atoms with Crippen LogP contribution in [0, 0.1) is 35.5 Å². The first-order valence-electron chi connectivity index (χ1n) is 22.6. The number of halogens is 2. The van der Waals surface area contributed by atoms with Crippen LogP contribution < -0.4 is 22.1 Å². The lowest BCUT2D eigenvalue weighted by atomic mass is 9.53. The van der Waals surface area contributed by atoms with Crippen molar-refractivity contribution in [2.75, 3.05) is 24.8 Å². The number of nitrogens with two attached hydrogens (primary N) is 2. The van der Waals surface area contributed by atoms with Crippen molar-refractivity contribution in [1.29, 1.82) is 0 Å². The summed E-state index contributed by atoms with van der Waals surface area (Å²) >= 11 is 9.47. The van der Waals surface area contributed by atoms with Crippen molar-refractivity contribution in [2.24, 2.45) is 47.0 Å². The topological polar surface area (TPSA) is 225 Å². The minimum absolute atomic E-state index is 0.116. The summed E-state index contributed by atoms with van der Waals surface area (Å²) in [4.78, 5) is 39.4. The van der Waals surface area contributed by atoms with Crippen molar-refractivity contribution in [2.45, 2.75) is 190 Å². The second-order valence-electron chi connectivity index (χ2n) is 19.2. The molecule has 10 N–H and O–H groups in total. The third kappa shape index (κ3) is 20.2. The van der Waals surface area contributed by atoms with Crippen LogP contribution in [0.5, 0.6) is 0 Å². The zero-order valence-electron chi connectivity index (χ0n) is 35.2. The van der Waals surface area contributed by atoms with Crippen LogP contribution in [0.25, 0.3) is 0 Å². The summed E-state index contributed by atoms with van der Waals surface area (Å²) in [5.41, 5.74) is 12.6. The number of alkyl halides is 2. The Balaban J connectivity index is 0.000000194. The molecule has 0 aliphatic heterocycles. The van der Waals surface area contributed by atoms with Gasteiger partial charge in [-0.2, -0.15) is 0 Å². The van der Waals surface area contributed by atoms with Crippen molar-refractivity contribution in [3.8, 4) is 0 Å². The molecule has 336 valence electrons. The molecule has 10 saturated carbocycles. The Morgan fingerprint density at radius 3 is 1.12 bits per heavy atom. The summed E-state index contributed by atoms with van der Waals surface area (Å²) in [5, 5.41) is 38.9. The zero-order valence-corrected chi connectivity index (χ0v) is 36.7. The fourth-order valence-electron chi connectivity index (χ4n) is 12.1. The smallest absolute Gasteiger partial charge is 0.318 e. The van der Waals surface area contributed by atoms with E-state index in [4.69, 9.17) is 55.1 Å². The third-order valence-electron chi connectivity index (χ3n) is 13.8. The van der Waals surface area contributed by atoms with Crippen LogP contribution in [0.15, 0.2) is 0 Å². The maximum atomic E-state index is 10.6. The van der Waals surface area contributed by atoms with Gasteiger partial charge in [-0.1, -0.05) is 64.2 Å². The van der Waals surface area contributed by atoms with Gasteiger partial charge in [-0.25, -0.2) is 0 Å². The van der Waals surface area contributed by atoms with Gasteiger partial charge in [0.15, 0.2) is 0 Å². The van der Waals surface area contributed by atoms with E-state index in [1.807, 2.05) is 0 Å². The molecule has 0 heterocycles. The standard InChI is InChI=1S/C12H19NO2.C10H19NO2.C10H17N.C8H17N.2C2H3ClO2/c14-11(15)7-13-12-4-8-1-9(5-12)3-10(2-8)6-12;12-10(13)8-11-9-6-4-2-1-3-5-7-9;11-10-4-7-1-8(5-10)3-9(2-7)6-10;9-8-6-4-2-1-3-5-7-8;2*3-1-2(4)5/h8-10,13H,1-7H2,(H,14,15);9,11H,1-8H2,(H,12,13);7-9H,1-6,11H2;8H,1-7,9H2;2*1H2,(H,4,5). The molecule has 0 saturated heterocycles. The Morgan fingerprint density at radius 2 is 0.810 bits per heavy atom. The molecule has 0 aromatic heterocycles. The minimum atomic E-state index is -0.980. The normalized spacial score (nSPS) is 33.4. The summed E-state index contributed by atoms with van der Waals surface area (Å²) in [7, 11) is 0. The molecule has 8 bridgehead atoms. The van der Waals surface area contributed by atoms with Crippen LogP contribution in [0.3, 0.4) is 0 Å². The largest absolute Gasteiger partial charge is 0.480 e. The van der Waals surface area contributed by atoms with Gasteiger partial charge >= 0.3 is 23.9 Å². The van der Waals surface area contributed by atoms with Gasteiger partial charge in [-0.3, -0.25) is 19.2 Å². The first-order valence-corrected chi connectivity index (χ1v) is 23.7. The van der Waals surface area contributed by atoms with Crippen LogP contribution in [-0.2, 0) is 19.2 Å². The molecule has 0 amide bonds. The SMILES string of the molecule is NC12CC3CC(CC(C3)C1)C2.NC1CCCCCCC1.O=C(O)CCl.O=C(O)CCl.O=C(O)CNC12CC3CC(CC(C3)C1)C2.O=C(O)CNC1CCCCCCC1. The Hall–Kier alpha value is -1.70. The van der Waals surface area contributed by atoms with Crippen LogP contribution >= 0.6 is 23.2 Å². The number of hydrogen-bond acceptors (Lipinski definition) is 8. The van der Waals surface area contributed by atoms with Gasteiger partial charge in [0.05, 0.1) is 13.1 Å². The zero-order chi connectivity index (χ0) is 42.6. The number of carboxylic acids is 4. The van der Waals surface area contributed by atoms with Crippen LogP contribution in [-0.4, -0.2) is 92.3 Å². The highest BCUT2D eigenvalue weighted by Gasteiger charge is 2.51. The lowest BCUT2D eigenvalue weighted by Gasteiger charge is -2.57. The Labute approximate surface area is 358 Å². The molecular weight excluding hydrogens is 783 g/mol. The molecular formula is C44H78Cl2N4O8. The summed E-state index contributed by atoms with van der Waals surface area (Å²) in [6.07, 6.45) is 34.8. The molecule has 58 heavy (non-hydrogen) atoms. The van der Waals surface area contributed by atoms with Gasteiger partial charge in [-0.15, -0.1) is 23.2 Å². The third-order valence-corrected chi connectivity index (χ3v) is 14.2. The van der Waals surface area contributed by atoms with Crippen molar-refractivity contribution in [3.63, 3.8) is 0 Å². The number of nitrogens with one attached hydrogen (secondary N) is 2. The maximum absolute atomic E-state index is 10.6. The predicted octanol–water partition coefficient (Wildman–Crippen LogP) is 7.99. The monoisotopic (exact) mass is 861 g/mol. The van der Waals surface area contributed by atoms with E-state index < -0.39 is 23.9 Å². The van der Waals surface area contributed by atoms with Crippen LogP contribution in [0.2, 0.25) is 0 Å². The van der Waals surface area contributed by atoms with Gasteiger partial charge in [0.2, 0.25) is 0 Å². The van der Waals surface area contributed by atoms with Crippen LogP contribution in [0.4, 0.5) is 0 Å². The molecule has 10 rings (SSSR count). The van der Waals surface area contributed by atoms with E-state index in [1.165, 1.54) is 154 Å². The quantitative estimate of drug-likeness (QED) is 0.109. The fraction of sp³-hybridized carbons (Fsp3) is 0.909. The molecule has 10 fully saturated rings. The average molecular weight is 862 g/mol. The van der Waals surface area contributed by atoms with Gasteiger partial charge < -0.3 is 42.5 Å². The molecule has 10 aliphatic rings. The van der Waals surface area contributed by atoms with Crippen molar-refractivity contribution in [3.05, 3.63) is 0 Å². The van der Waals surface area contributed by atoms with E-state index in [1.54, 1.807) is 0 Å². The highest BCUT2D eigenvalue weighted by atomic mass is 35.5. The minimum Gasteiger partial charge on any atom is -0.480 e. The summed E-state index contributed by atoms with van der Waals surface area (Å²) in [5.74, 6) is 1.68. The van der Waals surface area contributed by atoms with Gasteiger partial charge in [0, 0.05) is 23.2 Å². The number of rotatable bonds is 8. The first kappa shape index (κ1) is 50.7. The number of carboxylic acid groups (broad SMARTS) is 4. The Morgan fingerprint density at radius 1 is 0.500 bits per heavy atom. The predicted molar refractivity (Wildman–Crippen MR) is 230 cm³/mol. The van der Waals surface area contributed by atoms with E-state index in [2.05, 4.69) is 10.6 Å². The molecule has 0 aromatic carbocycles. The van der Waals surface area contributed by atoms with Gasteiger partial charge in [0.25, 0.3) is 0 Å². The molecule has 0 atom stereocenters. The molecule has 0 spiro atoms. The van der Waals surface area contributed by atoms with E-state index in [-0.39, 0.29) is 30.4 Å². The second-order valence-corrected chi connectivity index (χ2v) is 19.7. The number of aliphatic carboxylic acids is 4. The van der Waals surface area contributed by atoms with Crippen molar-refractivity contribution in [1.82, 2.24) is 10.6 Å². The van der Waals surface area contributed by atoms with Crippen molar-refractivity contribution >= 4 is 47.1 Å². The lowest BCUT2D eigenvalue weighted by molar-refractivity contribution is -0.137. The first-order chi connectivity index (χ1) is 27.6. The average Bonchev–Trinajstić information content (AvgIpc) is 3.12. The summed E-state index contributed by atoms with van der Waals surface area (Å²) in [6, 6.07) is 0.960. The number of hydrogen-bond donors (Lipinski definition) is 8. The van der Waals surface area contributed by atoms with Crippen LogP contribution in [0.1, 0.15) is 167 Å². The van der Waals surface area contributed by atoms with Gasteiger partial charge in [-0.05, 0) is 138 Å². The molecule has 0 radical (unpaired) electrons.